The fourth-order valence-corrected chi connectivity index (χ4v) is 3.82. The summed E-state index contributed by atoms with van der Waals surface area (Å²) >= 11 is 5.53. The maximum absolute atomic E-state index is 11.6. The lowest BCUT2D eigenvalue weighted by atomic mass is 10.2. The smallest absolute Gasteiger partial charge is 0.237 e. The Morgan fingerprint density at radius 2 is 2.19 bits per heavy atom. The predicted octanol–water partition coefficient (Wildman–Crippen LogP) is 1.04. The minimum atomic E-state index is -2.94. The van der Waals surface area contributed by atoms with Crippen LogP contribution in [0.4, 0.5) is 0 Å². The van der Waals surface area contributed by atoms with Gasteiger partial charge < -0.3 is 4.90 Å². The van der Waals surface area contributed by atoms with Crippen molar-refractivity contribution in [2.75, 3.05) is 23.9 Å². The number of carbonyl (C=O) groups is 1. The highest BCUT2D eigenvalue weighted by atomic mass is 35.5. The van der Waals surface area contributed by atoms with Gasteiger partial charge in [0.2, 0.25) is 5.91 Å². The van der Waals surface area contributed by atoms with Crippen LogP contribution in [0.15, 0.2) is 0 Å². The lowest BCUT2D eigenvalue weighted by molar-refractivity contribution is -0.130. The van der Waals surface area contributed by atoms with E-state index in [2.05, 4.69) is 0 Å². The van der Waals surface area contributed by atoms with Crippen molar-refractivity contribution < 1.29 is 13.2 Å². The highest BCUT2D eigenvalue weighted by molar-refractivity contribution is 7.91. The summed E-state index contributed by atoms with van der Waals surface area (Å²) in [6.45, 7) is 2.65. The fourth-order valence-electron chi connectivity index (χ4n) is 1.94. The van der Waals surface area contributed by atoms with E-state index in [0.717, 1.165) is 12.8 Å². The molecule has 1 heterocycles. The van der Waals surface area contributed by atoms with Gasteiger partial charge in [0.05, 0.1) is 11.5 Å². The standard InChI is InChI=1S/C10H18ClNO3S/c1-2-3-5-12(10(13)7-11)9-4-6-16(14,15)8-9/h9H,2-8H2,1H3/t9-/m0/s1. The summed E-state index contributed by atoms with van der Waals surface area (Å²) in [6, 6.07) is -0.164. The van der Waals surface area contributed by atoms with Crippen molar-refractivity contribution in [3.8, 4) is 0 Å². The molecule has 1 fully saturated rings. The van der Waals surface area contributed by atoms with Crippen LogP contribution in [0.2, 0.25) is 0 Å². The molecule has 0 saturated carbocycles. The number of hydrogen-bond donors (Lipinski definition) is 0. The van der Waals surface area contributed by atoms with Gasteiger partial charge in [-0.1, -0.05) is 13.3 Å². The summed E-state index contributed by atoms with van der Waals surface area (Å²) < 4.78 is 22.7. The molecule has 0 aliphatic carbocycles. The van der Waals surface area contributed by atoms with E-state index in [1.165, 1.54) is 0 Å². The van der Waals surface area contributed by atoms with Crippen molar-refractivity contribution in [3.63, 3.8) is 0 Å². The molecule has 0 aromatic heterocycles. The summed E-state index contributed by atoms with van der Waals surface area (Å²) in [6.07, 6.45) is 2.42. The molecule has 0 unspecified atom stereocenters. The maximum Gasteiger partial charge on any atom is 0.237 e. The molecule has 0 spiro atoms. The zero-order chi connectivity index (χ0) is 12.2. The van der Waals surface area contributed by atoms with Crippen LogP contribution in [-0.2, 0) is 14.6 Å². The molecule has 16 heavy (non-hydrogen) atoms. The van der Waals surface area contributed by atoms with Gasteiger partial charge in [0.15, 0.2) is 9.84 Å². The number of halogens is 1. The van der Waals surface area contributed by atoms with Crippen molar-refractivity contribution in [3.05, 3.63) is 0 Å². The minimum Gasteiger partial charge on any atom is -0.338 e. The number of rotatable bonds is 5. The third kappa shape index (κ3) is 3.63. The number of nitrogens with zero attached hydrogens (tertiary/aromatic N) is 1. The number of hydrogen-bond acceptors (Lipinski definition) is 3. The molecule has 1 saturated heterocycles. The molecular formula is C10H18ClNO3S. The summed E-state index contributed by atoms with van der Waals surface area (Å²) in [7, 11) is -2.94. The third-order valence-corrected chi connectivity index (χ3v) is 4.82. The van der Waals surface area contributed by atoms with Crippen LogP contribution >= 0.6 is 11.6 Å². The first-order chi connectivity index (χ1) is 7.50. The monoisotopic (exact) mass is 267 g/mol. The number of amides is 1. The Labute approximate surface area is 102 Å². The van der Waals surface area contributed by atoms with E-state index in [9.17, 15) is 13.2 Å². The van der Waals surface area contributed by atoms with E-state index >= 15 is 0 Å². The molecular weight excluding hydrogens is 250 g/mol. The van der Waals surface area contributed by atoms with E-state index in [1.54, 1.807) is 4.90 Å². The van der Waals surface area contributed by atoms with Gasteiger partial charge >= 0.3 is 0 Å². The second-order valence-electron chi connectivity index (χ2n) is 4.13. The van der Waals surface area contributed by atoms with Crippen LogP contribution in [0, 0.1) is 0 Å². The zero-order valence-electron chi connectivity index (χ0n) is 9.49. The molecule has 0 N–H and O–H groups in total. The van der Waals surface area contributed by atoms with E-state index in [1.807, 2.05) is 6.92 Å². The quantitative estimate of drug-likeness (QED) is 0.700. The van der Waals surface area contributed by atoms with Crippen LogP contribution < -0.4 is 0 Å². The normalized spacial score (nSPS) is 23.2. The summed E-state index contributed by atoms with van der Waals surface area (Å²) in [4.78, 5) is 13.3. The van der Waals surface area contributed by atoms with Gasteiger partial charge in [0, 0.05) is 12.6 Å². The molecule has 0 aromatic carbocycles. The molecule has 1 amide bonds. The molecule has 0 bridgehead atoms. The average Bonchev–Trinajstić information content (AvgIpc) is 2.59. The Morgan fingerprint density at radius 1 is 1.50 bits per heavy atom. The zero-order valence-corrected chi connectivity index (χ0v) is 11.1. The van der Waals surface area contributed by atoms with Crippen LogP contribution in [0.5, 0.6) is 0 Å². The topological polar surface area (TPSA) is 54.5 Å². The Hall–Kier alpha value is -0.290. The van der Waals surface area contributed by atoms with Crippen molar-refractivity contribution in [1.82, 2.24) is 4.90 Å². The Bertz CT molecular complexity index is 342. The largest absolute Gasteiger partial charge is 0.338 e. The van der Waals surface area contributed by atoms with E-state index in [4.69, 9.17) is 11.6 Å². The van der Waals surface area contributed by atoms with E-state index in [0.29, 0.717) is 13.0 Å². The minimum absolute atomic E-state index is 0.0692. The summed E-state index contributed by atoms with van der Waals surface area (Å²) in [5.41, 5.74) is 0. The second-order valence-corrected chi connectivity index (χ2v) is 6.63. The fraction of sp³-hybridized carbons (Fsp3) is 0.900. The molecule has 1 aliphatic heterocycles. The van der Waals surface area contributed by atoms with Gasteiger partial charge in [-0.2, -0.15) is 0 Å². The lowest BCUT2D eigenvalue weighted by Gasteiger charge is -2.27. The van der Waals surface area contributed by atoms with Gasteiger partial charge in [-0.25, -0.2) is 8.42 Å². The first-order valence-electron chi connectivity index (χ1n) is 5.56. The van der Waals surface area contributed by atoms with Crippen LogP contribution in [0.1, 0.15) is 26.2 Å². The third-order valence-electron chi connectivity index (χ3n) is 2.84. The van der Waals surface area contributed by atoms with Crippen molar-refractivity contribution >= 4 is 27.3 Å². The number of unbranched alkanes of at least 4 members (excludes halogenated alkanes) is 1. The lowest BCUT2D eigenvalue weighted by Crippen LogP contribution is -2.42. The Morgan fingerprint density at radius 3 is 2.62 bits per heavy atom. The first-order valence-corrected chi connectivity index (χ1v) is 7.91. The van der Waals surface area contributed by atoms with Crippen molar-refractivity contribution in [2.24, 2.45) is 0 Å². The first kappa shape index (κ1) is 13.8. The van der Waals surface area contributed by atoms with Gasteiger partial charge in [-0.05, 0) is 12.8 Å². The second kappa shape index (κ2) is 5.87. The Balaban J connectivity index is 2.66. The summed E-state index contributed by atoms with van der Waals surface area (Å²) in [5.74, 6) is 0.0624. The number of alkyl halides is 1. The number of sulfone groups is 1. The van der Waals surface area contributed by atoms with E-state index in [-0.39, 0.29) is 29.3 Å². The van der Waals surface area contributed by atoms with Crippen molar-refractivity contribution in [1.29, 1.82) is 0 Å². The maximum atomic E-state index is 11.6. The van der Waals surface area contributed by atoms with Crippen LogP contribution in [-0.4, -0.2) is 49.2 Å². The van der Waals surface area contributed by atoms with Gasteiger partial charge in [0.1, 0.15) is 5.88 Å². The number of carbonyl (C=O) groups excluding carboxylic acids is 1. The highest BCUT2D eigenvalue weighted by Crippen LogP contribution is 2.18. The summed E-state index contributed by atoms with van der Waals surface area (Å²) in [5, 5.41) is 0. The molecule has 0 radical (unpaired) electrons. The molecule has 1 rings (SSSR count). The van der Waals surface area contributed by atoms with Crippen LogP contribution in [0.25, 0.3) is 0 Å². The SMILES string of the molecule is CCCCN(C(=O)CCl)[C@H]1CCS(=O)(=O)C1. The molecule has 1 aliphatic rings. The van der Waals surface area contributed by atoms with E-state index < -0.39 is 9.84 Å². The van der Waals surface area contributed by atoms with Gasteiger partial charge in [-0.3, -0.25) is 4.79 Å². The molecule has 94 valence electrons. The van der Waals surface area contributed by atoms with Gasteiger partial charge in [-0.15, -0.1) is 11.6 Å². The predicted molar refractivity (Wildman–Crippen MR) is 64.4 cm³/mol. The molecule has 0 aromatic rings. The molecule has 4 nitrogen and oxygen atoms in total. The van der Waals surface area contributed by atoms with Gasteiger partial charge in [0.25, 0.3) is 0 Å². The molecule has 1 atom stereocenters. The average molecular weight is 268 g/mol. The molecule has 6 heteroatoms. The van der Waals surface area contributed by atoms with Crippen molar-refractivity contribution in [2.45, 2.75) is 32.2 Å². The van der Waals surface area contributed by atoms with Crippen LogP contribution in [0.3, 0.4) is 0 Å². The highest BCUT2D eigenvalue weighted by Gasteiger charge is 2.33. The Kier molecular flexibility index (Phi) is 5.05.